The van der Waals surface area contributed by atoms with Gasteiger partial charge in [0.15, 0.2) is 6.61 Å². The zero-order valence-electron chi connectivity index (χ0n) is 11.6. The highest BCUT2D eigenvalue weighted by Crippen LogP contribution is 2.15. The van der Waals surface area contributed by atoms with E-state index >= 15 is 0 Å². The number of aromatic nitrogens is 1. The molecule has 0 atom stereocenters. The fraction of sp³-hybridized carbons (Fsp3) is 0.0714. The Kier molecular flexibility index (Phi) is 4.82. The van der Waals surface area contributed by atoms with Crippen molar-refractivity contribution >= 4 is 23.3 Å². The van der Waals surface area contributed by atoms with E-state index in [0.717, 1.165) is 6.07 Å². The molecule has 0 bridgehead atoms. The average molecular weight is 317 g/mol. The van der Waals surface area contributed by atoms with Crippen molar-refractivity contribution in [2.24, 2.45) is 0 Å². The molecule has 2 aromatic rings. The smallest absolute Gasteiger partial charge is 0.340 e. The monoisotopic (exact) mass is 317 g/mol. The van der Waals surface area contributed by atoms with Crippen LogP contribution in [0.15, 0.2) is 47.4 Å². The number of nitro benzene ring substituents is 1. The molecule has 9 nitrogen and oxygen atoms in total. The Balaban J connectivity index is 1.87. The molecule has 23 heavy (non-hydrogen) atoms. The summed E-state index contributed by atoms with van der Waals surface area (Å²) in [6.45, 7) is -0.533. The van der Waals surface area contributed by atoms with Crippen LogP contribution in [0.25, 0.3) is 0 Å². The molecule has 9 heteroatoms. The summed E-state index contributed by atoms with van der Waals surface area (Å²) in [5, 5.41) is 12.9. The third-order valence-corrected chi connectivity index (χ3v) is 2.72. The zero-order valence-corrected chi connectivity index (χ0v) is 11.6. The molecule has 1 amide bonds. The van der Waals surface area contributed by atoms with Crippen LogP contribution in [0, 0.1) is 10.1 Å². The number of benzene rings is 1. The van der Waals surface area contributed by atoms with E-state index in [1.165, 1.54) is 36.5 Å². The molecule has 0 aliphatic heterocycles. The first-order chi connectivity index (χ1) is 11.0. The topological polar surface area (TPSA) is 131 Å². The first kappa shape index (κ1) is 15.9. The highest BCUT2D eigenvalue weighted by molar-refractivity contribution is 5.95. The number of aromatic amines is 1. The lowest BCUT2D eigenvalue weighted by Gasteiger charge is -2.06. The van der Waals surface area contributed by atoms with Crippen LogP contribution in [0.2, 0.25) is 0 Å². The summed E-state index contributed by atoms with van der Waals surface area (Å²) in [5.74, 6) is -1.36. The molecule has 1 aromatic heterocycles. The normalized spacial score (nSPS) is 9.91. The van der Waals surface area contributed by atoms with E-state index in [2.05, 4.69) is 10.3 Å². The van der Waals surface area contributed by atoms with Crippen LogP contribution in [0.1, 0.15) is 10.4 Å². The van der Waals surface area contributed by atoms with Crippen molar-refractivity contribution in [2.75, 3.05) is 11.9 Å². The minimum Gasteiger partial charge on any atom is -0.452 e. The van der Waals surface area contributed by atoms with Gasteiger partial charge in [0.25, 0.3) is 11.6 Å². The molecule has 2 N–H and O–H groups in total. The Morgan fingerprint density at radius 1 is 1.17 bits per heavy atom. The first-order valence-electron chi connectivity index (χ1n) is 6.36. The fourth-order valence-corrected chi connectivity index (χ4v) is 1.62. The van der Waals surface area contributed by atoms with Gasteiger partial charge in [0.05, 0.1) is 10.5 Å². The number of anilines is 1. The van der Waals surface area contributed by atoms with Crippen LogP contribution in [0.5, 0.6) is 0 Å². The predicted molar refractivity (Wildman–Crippen MR) is 79.1 cm³/mol. The molecule has 0 unspecified atom stereocenters. The molecule has 2 rings (SSSR count). The van der Waals surface area contributed by atoms with Crippen molar-refractivity contribution in [1.82, 2.24) is 4.98 Å². The zero-order chi connectivity index (χ0) is 16.8. The van der Waals surface area contributed by atoms with Crippen LogP contribution in [-0.4, -0.2) is 28.4 Å². The Morgan fingerprint density at radius 2 is 1.87 bits per heavy atom. The number of nitrogens with zero attached hydrogens (tertiary/aromatic N) is 1. The van der Waals surface area contributed by atoms with Gasteiger partial charge in [0.2, 0.25) is 5.56 Å². The molecule has 0 saturated heterocycles. The molecule has 0 radical (unpaired) electrons. The van der Waals surface area contributed by atoms with E-state index in [-0.39, 0.29) is 16.8 Å². The minimum absolute atomic E-state index is 0.104. The van der Waals surface area contributed by atoms with E-state index in [9.17, 15) is 24.5 Å². The number of non-ortho nitro benzene ring substituents is 1. The number of hydrogen-bond donors (Lipinski definition) is 2. The molecule has 0 saturated carbocycles. The van der Waals surface area contributed by atoms with Gasteiger partial charge in [-0.25, -0.2) is 4.79 Å². The second-order valence-corrected chi connectivity index (χ2v) is 4.37. The van der Waals surface area contributed by atoms with Crippen molar-refractivity contribution < 1.29 is 19.2 Å². The maximum Gasteiger partial charge on any atom is 0.340 e. The molecule has 1 aromatic carbocycles. The summed E-state index contributed by atoms with van der Waals surface area (Å²) in [5.41, 5.74) is -0.0293. The van der Waals surface area contributed by atoms with E-state index in [1.807, 2.05) is 0 Å². The fourth-order valence-electron chi connectivity index (χ4n) is 1.62. The van der Waals surface area contributed by atoms with Crippen molar-refractivity contribution in [3.8, 4) is 0 Å². The maximum atomic E-state index is 11.6. The Morgan fingerprint density at radius 3 is 2.43 bits per heavy atom. The van der Waals surface area contributed by atoms with Gasteiger partial charge in [-0.15, -0.1) is 0 Å². The molecule has 118 valence electrons. The third-order valence-electron chi connectivity index (χ3n) is 2.72. The van der Waals surface area contributed by atoms with Gasteiger partial charge in [-0.3, -0.25) is 19.7 Å². The molecule has 0 aliphatic rings. The van der Waals surface area contributed by atoms with Gasteiger partial charge in [0.1, 0.15) is 0 Å². The quantitative estimate of drug-likeness (QED) is 0.482. The molecular weight excluding hydrogens is 306 g/mol. The van der Waals surface area contributed by atoms with Gasteiger partial charge in [-0.05, 0) is 18.2 Å². The highest BCUT2D eigenvalue weighted by atomic mass is 16.6. The van der Waals surface area contributed by atoms with Gasteiger partial charge in [-0.1, -0.05) is 0 Å². The second kappa shape index (κ2) is 6.98. The lowest BCUT2D eigenvalue weighted by molar-refractivity contribution is -0.384. The Hall–Kier alpha value is -3.49. The third kappa shape index (κ3) is 4.49. The number of nitrogens with one attached hydrogen (secondary N) is 2. The van der Waals surface area contributed by atoms with Gasteiger partial charge in [0, 0.05) is 30.1 Å². The Bertz CT molecular complexity index is 776. The standard InChI is InChI=1S/C14H11N3O6/c18-12-6-1-9(7-15-12)14(20)23-8-13(19)16-10-2-4-11(5-3-10)17(21)22/h1-7H,8H2,(H,15,18)(H,16,19). The van der Waals surface area contributed by atoms with Crippen LogP contribution in [0.3, 0.4) is 0 Å². The predicted octanol–water partition coefficient (Wildman–Crippen LogP) is 1.08. The van der Waals surface area contributed by atoms with Gasteiger partial charge >= 0.3 is 5.97 Å². The number of pyridine rings is 1. The summed E-state index contributed by atoms with van der Waals surface area (Å²) in [4.78, 5) is 46.4. The SMILES string of the molecule is O=C(COC(=O)c1ccc(=O)[nH]c1)Nc1ccc([N+](=O)[O-])cc1. The van der Waals surface area contributed by atoms with Crippen molar-refractivity contribution in [1.29, 1.82) is 0 Å². The number of nitro groups is 1. The molecule has 0 aliphatic carbocycles. The number of carbonyl (C=O) groups excluding carboxylic acids is 2. The Labute approximate surface area is 129 Å². The lowest BCUT2D eigenvalue weighted by Crippen LogP contribution is -2.21. The lowest BCUT2D eigenvalue weighted by atomic mass is 10.3. The van der Waals surface area contributed by atoms with Gasteiger partial charge < -0.3 is 15.0 Å². The summed E-state index contributed by atoms with van der Waals surface area (Å²) in [7, 11) is 0. The molecular formula is C14H11N3O6. The van der Waals surface area contributed by atoms with Crippen LogP contribution in [-0.2, 0) is 9.53 Å². The number of amides is 1. The van der Waals surface area contributed by atoms with Crippen LogP contribution >= 0.6 is 0 Å². The summed E-state index contributed by atoms with van der Waals surface area (Å²) >= 11 is 0. The summed E-state index contributed by atoms with van der Waals surface area (Å²) in [6.07, 6.45) is 1.18. The van der Waals surface area contributed by atoms with Crippen LogP contribution < -0.4 is 10.9 Å². The van der Waals surface area contributed by atoms with Crippen molar-refractivity contribution in [3.05, 3.63) is 68.6 Å². The van der Waals surface area contributed by atoms with Crippen molar-refractivity contribution in [2.45, 2.75) is 0 Å². The van der Waals surface area contributed by atoms with E-state index < -0.39 is 23.4 Å². The van der Waals surface area contributed by atoms with E-state index in [1.54, 1.807) is 0 Å². The highest BCUT2D eigenvalue weighted by Gasteiger charge is 2.11. The van der Waals surface area contributed by atoms with E-state index in [4.69, 9.17) is 4.74 Å². The first-order valence-corrected chi connectivity index (χ1v) is 6.36. The molecule has 0 fully saturated rings. The average Bonchev–Trinajstić information content (AvgIpc) is 2.54. The number of carbonyl (C=O) groups is 2. The number of ether oxygens (including phenoxy) is 1. The largest absolute Gasteiger partial charge is 0.452 e. The number of rotatable bonds is 5. The number of hydrogen-bond acceptors (Lipinski definition) is 6. The maximum absolute atomic E-state index is 11.6. The van der Waals surface area contributed by atoms with Gasteiger partial charge in [-0.2, -0.15) is 0 Å². The molecule has 1 heterocycles. The molecule has 0 spiro atoms. The minimum atomic E-state index is -0.764. The van der Waals surface area contributed by atoms with E-state index in [0.29, 0.717) is 5.69 Å². The summed E-state index contributed by atoms with van der Waals surface area (Å²) < 4.78 is 4.78. The second-order valence-electron chi connectivity index (χ2n) is 4.37. The van der Waals surface area contributed by atoms with Crippen molar-refractivity contribution in [3.63, 3.8) is 0 Å². The number of esters is 1. The number of H-pyrrole nitrogens is 1. The van der Waals surface area contributed by atoms with Crippen LogP contribution in [0.4, 0.5) is 11.4 Å². The summed E-state index contributed by atoms with van der Waals surface area (Å²) in [6, 6.07) is 7.63.